The number of esters is 6. The van der Waals surface area contributed by atoms with E-state index in [1.807, 2.05) is 125 Å². The van der Waals surface area contributed by atoms with E-state index in [1.165, 1.54) is 20.3 Å². The van der Waals surface area contributed by atoms with Crippen LogP contribution >= 0.6 is 0 Å². The van der Waals surface area contributed by atoms with Gasteiger partial charge in [-0.25, -0.2) is 0 Å². The summed E-state index contributed by atoms with van der Waals surface area (Å²) in [5.41, 5.74) is -7.47. The van der Waals surface area contributed by atoms with Crippen molar-refractivity contribution in [2.45, 2.75) is 347 Å². The van der Waals surface area contributed by atoms with Crippen LogP contribution in [0.5, 0.6) is 0 Å². The summed E-state index contributed by atoms with van der Waals surface area (Å²) in [6.07, 6.45) is 7.80. The molecule has 96 heavy (non-hydrogen) atoms. The molecule has 0 radical (unpaired) electrons. The van der Waals surface area contributed by atoms with Crippen LogP contribution in [0.4, 0.5) is 0 Å². The summed E-state index contributed by atoms with van der Waals surface area (Å²) in [5.74, 6) is -4.36. The van der Waals surface area contributed by atoms with Gasteiger partial charge in [-0.1, -0.05) is 39.5 Å². The Morgan fingerprint density at radius 1 is 0.302 bits per heavy atom. The molecule has 0 saturated carbocycles. The van der Waals surface area contributed by atoms with Gasteiger partial charge in [-0.3, -0.25) is 28.8 Å². The molecular weight excluding hydrogens is 1240 g/mol. The van der Waals surface area contributed by atoms with Gasteiger partial charge in [0.25, 0.3) is 0 Å². The number of hydroxylamine groups is 8. The van der Waals surface area contributed by atoms with Gasteiger partial charge in [0.2, 0.25) is 0 Å². The minimum absolute atomic E-state index is 0.0212. The SMILES string of the molecule is CCCCC(CCCOC(=O)CCC(=O)OCCCC(CCCC)(C(=O)OCCCOC1CC(C)(C)N(O)C(C)(C)C1)C(=O)OCCCOC1CC(C)(C)N(O)C(C)(C)C1)(C(=O)OCCCOC1CC(C)(C)N(O)C(C)(C)C1)C(=O)OCCCOC1CC(C)(C)N(O)C(C)(C)C1. The van der Waals surface area contributed by atoms with E-state index in [4.69, 9.17) is 47.4 Å². The van der Waals surface area contributed by atoms with Gasteiger partial charge >= 0.3 is 35.8 Å². The molecule has 4 heterocycles. The van der Waals surface area contributed by atoms with Gasteiger partial charge in [0.05, 0.1) is 103 Å². The average Bonchev–Trinajstić information content (AvgIpc) is 0.813. The largest absolute Gasteiger partial charge is 0.466 e. The highest BCUT2D eigenvalue weighted by molar-refractivity contribution is 6.00. The molecule has 0 spiro atoms. The maximum atomic E-state index is 14.3. The summed E-state index contributed by atoms with van der Waals surface area (Å²) in [6, 6.07) is 0. The fraction of sp³-hybridized carbons (Fsp3) is 0.917. The molecule has 4 saturated heterocycles. The first-order valence-corrected chi connectivity index (χ1v) is 36.0. The van der Waals surface area contributed by atoms with Gasteiger partial charge < -0.3 is 68.2 Å². The maximum absolute atomic E-state index is 14.3. The van der Waals surface area contributed by atoms with Gasteiger partial charge in [-0.15, -0.1) is 0 Å². The molecule has 0 amide bonds. The van der Waals surface area contributed by atoms with E-state index in [0.717, 1.165) is 0 Å². The molecule has 0 bridgehead atoms. The molecule has 0 aromatic carbocycles. The van der Waals surface area contributed by atoms with E-state index in [9.17, 15) is 49.6 Å². The van der Waals surface area contributed by atoms with Crippen molar-refractivity contribution in [2.75, 3.05) is 66.1 Å². The van der Waals surface area contributed by atoms with Crippen LogP contribution in [0.15, 0.2) is 0 Å². The summed E-state index contributed by atoms with van der Waals surface area (Å²) in [6.45, 7) is 36.0. The molecule has 24 nitrogen and oxygen atoms in total. The Morgan fingerprint density at radius 3 is 0.688 bits per heavy atom. The van der Waals surface area contributed by atoms with E-state index in [1.54, 1.807) is 0 Å². The summed E-state index contributed by atoms with van der Waals surface area (Å²) in [7, 11) is 0. The third-order valence-electron chi connectivity index (χ3n) is 19.9. The molecule has 0 aromatic rings. The fourth-order valence-corrected chi connectivity index (χ4v) is 15.3. The molecule has 0 aliphatic carbocycles. The number of nitrogens with zero attached hydrogens (tertiary/aromatic N) is 4. The van der Waals surface area contributed by atoms with Crippen LogP contribution in [0.3, 0.4) is 0 Å². The van der Waals surface area contributed by atoms with Crippen molar-refractivity contribution < 1.29 is 97.0 Å². The number of unbranched alkanes of at least 4 members (excludes halogenated alkanes) is 2. The van der Waals surface area contributed by atoms with Gasteiger partial charge in [-0.2, -0.15) is 20.3 Å². The lowest BCUT2D eigenvalue weighted by Gasteiger charge is -2.51. The van der Waals surface area contributed by atoms with Crippen LogP contribution in [-0.2, 0) is 76.1 Å². The maximum Gasteiger partial charge on any atom is 0.323 e. The molecule has 24 heteroatoms. The second kappa shape index (κ2) is 36.8. The molecule has 0 atom stereocenters. The highest BCUT2D eigenvalue weighted by Gasteiger charge is 2.52. The minimum atomic E-state index is -1.71. The predicted octanol–water partition coefficient (Wildman–Crippen LogP) is 12.2. The highest BCUT2D eigenvalue weighted by Crippen LogP contribution is 2.43. The smallest absolute Gasteiger partial charge is 0.323 e. The van der Waals surface area contributed by atoms with Crippen LogP contribution in [-0.4, -0.2) is 212 Å². The van der Waals surface area contributed by atoms with Crippen LogP contribution in [0.2, 0.25) is 0 Å². The van der Waals surface area contributed by atoms with Crippen molar-refractivity contribution in [3.05, 3.63) is 0 Å². The topological polar surface area (TPSA) is 289 Å². The number of rotatable bonds is 41. The number of hydrogen-bond donors (Lipinski definition) is 4. The second-order valence-corrected chi connectivity index (χ2v) is 32.8. The Balaban J connectivity index is 1.35. The Bertz CT molecular complexity index is 2080. The molecule has 4 aliphatic heterocycles. The van der Waals surface area contributed by atoms with E-state index in [2.05, 4.69) is 0 Å². The first-order valence-electron chi connectivity index (χ1n) is 36.0. The fourth-order valence-electron chi connectivity index (χ4n) is 15.3. The first-order chi connectivity index (χ1) is 44.6. The quantitative estimate of drug-likeness (QED) is 0.0191. The second-order valence-electron chi connectivity index (χ2n) is 32.8. The standard InChI is InChI=1S/C72H130N4O20/c1-19-21-31-71(59(79)93-41-25-37-87-53-45-63(3,4)73(83)64(5,6)46-53,60(80)94-42-26-38-88-54-47-65(7,8)74(84)66(9,10)48-54)33-23-35-91-57(77)29-30-58(78)92-36-24-34-72(32-22-20-2,61(81)95-43-27-39-89-55-49-67(11,12)75(85)68(13,14)50-55)62(82)96-44-28-40-90-56-51-69(15,16)76(86)70(17,18)52-56/h53-56,83-86H,19-52H2,1-18H3. The van der Waals surface area contributed by atoms with Crippen molar-refractivity contribution in [1.29, 1.82) is 0 Å². The Kier molecular flexibility index (Phi) is 32.5. The summed E-state index contributed by atoms with van der Waals surface area (Å²) in [4.78, 5) is 83.7. The molecule has 4 aliphatic rings. The number of hydrogen-bond acceptors (Lipinski definition) is 24. The number of carbonyl (C=O) groups excluding carboxylic acids is 6. The molecule has 0 aromatic heterocycles. The van der Waals surface area contributed by atoms with Crippen molar-refractivity contribution in [1.82, 2.24) is 20.3 Å². The van der Waals surface area contributed by atoms with E-state index < -0.39 is 91.0 Å². The Morgan fingerprint density at radius 2 is 0.490 bits per heavy atom. The average molecular weight is 1370 g/mol. The summed E-state index contributed by atoms with van der Waals surface area (Å²) >= 11 is 0. The third-order valence-corrected chi connectivity index (χ3v) is 19.9. The number of carbonyl (C=O) groups is 6. The highest BCUT2D eigenvalue weighted by atomic mass is 16.6. The Hall–Kier alpha value is -3.66. The van der Waals surface area contributed by atoms with Gasteiger partial charge in [0, 0.05) is 70.0 Å². The molecule has 4 N–H and O–H groups in total. The van der Waals surface area contributed by atoms with Gasteiger partial charge in [0.15, 0.2) is 10.8 Å². The van der Waals surface area contributed by atoms with Crippen LogP contribution < -0.4 is 0 Å². The monoisotopic (exact) mass is 1370 g/mol. The van der Waals surface area contributed by atoms with Crippen LogP contribution in [0.25, 0.3) is 0 Å². The zero-order valence-corrected chi connectivity index (χ0v) is 62.5. The molecule has 4 fully saturated rings. The van der Waals surface area contributed by atoms with Crippen molar-refractivity contribution >= 4 is 35.8 Å². The normalized spacial score (nSPS) is 21.7. The van der Waals surface area contributed by atoms with Crippen molar-refractivity contribution in [3.63, 3.8) is 0 Å². The van der Waals surface area contributed by atoms with E-state index >= 15 is 0 Å². The minimum Gasteiger partial charge on any atom is -0.466 e. The Labute approximate surface area is 575 Å². The van der Waals surface area contributed by atoms with Gasteiger partial charge in [0.1, 0.15) is 0 Å². The number of piperidine rings is 4. The third kappa shape index (κ3) is 24.6. The predicted molar refractivity (Wildman–Crippen MR) is 359 cm³/mol. The van der Waals surface area contributed by atoms with Crippen LogP contribution in [0, 0.1) is 10.8 Å². The van der Waals surface area contributed by atoms with E-state index in [0.29, 0.717) is 103 Å². The zero-order valence-electron chi connectivity index (χ0n) is 62.5. The van der Waals surface area contributed by atoms with E-state index in [-0.39, 0.29) is 142 Å². The summed E-state index contributed by atoms with van der Waals surface area (Å²) < 4.78 is 59.6. The lowest BCUT2D eigenvalue weighted by atomic mass is 9.78. The molecule has 4 rings (SSSR count). The van der Waals surface area contributed by atoms with Crippen molar-refractivity contribution in [2.24, 2.45) is 10.8 Å². The lowest BCUT2D eigenvalue weighted by Crippen LogP contribution is -2.60. The number of ether oxygens (including phenoxy) is 10. The summed E-state index contributed by atoms with van der Waals surface area (Å²) in [5, 5.41) is 48.6. The van der Waals surface area contributed by atoms with Crippen molar-refractivity contribution in [3.8, 4) is 0 Å². The molecular formula is C72H130N4O20. The van der Waals surface area contributed by atoms with Crippen LogP contribution in [0.1, 0.15) is 279 Å². The first kappa shape index (κ1) is 84.8. The molecule has 558 valence electrons. The molecule has 0 unspecified atom stereocenters. The zero-order chi connectivity index (χ0) is 72.2. The van der Waals surface area contributed by atoms with Gasteiger partial charge in [-0.05, 0) is 201 Å². The lowest BCUT2D eigenvalue weighted by molar-refractivity contribution is -0.261.